The standard InChI is InChI=1S/C26H37N5O3S/c1-4-21-5-9-25(10-6-21)35(33,34)31(23-7-8-23)24-11-14-30(15-12-24)16-13-27-26(32)29-22-17-19(2)28-20(3)18-22/h5-6,9-10,17-18,23-24H,4,7-8,11-16H2,1-3H3,(H2,27,28,29,32). The third kappa shape index (κ3) is 6.59. The Bertz CT molecular complexity index is 1100. The lowest BCUT2D eigenvalue weighted by atomic mass is 10.0. The van der Waals surface area contributed by atoms with E-state index in [1.807, 2.05) is 38.1 Å². The van der Waals surface area contributed by atoms with Gasteiger partial charge in [0.05, 0.1) is 4.90 Å². The first-order valence-corrected chi connectivity index (χ1v) is 14.0. The molecule has 2 aliphatic rings. The number of rotatable bonds is 9. The van der Waals surface area contributed by atoms with Crippen molar-refractivity contribution in [3.63, 3.8) is 0 Å². The van der Waals surface area contributed by atoms with Crippen LogP contribution in [0.15, 0.2) is 41.3 Å². The van der Waals surface area contributed by atoms with Gasteiger partial charge < -0.3 is 15.5 Å². The van der Waals surface area contributed by atoms with E-state index >= 15 is 0 Å². The third-order valence-corrected chi connectivity index (χ3v) is 8.80. The first-order valence-electron chi connectivity index (χ1n) is 12.6. The Morgan fingerprint density at radius 3 is 2.20 bits per heavy atom. The van der Waals surface area contributed by atoms with Gasteiger partial charge in [-0.25, -0.2) is 13.2 Å². The van der Waals surface area contributed by atoms with Gasteiger partial charge in [-0.1, -0.05) is 19.1 Å². The molecule has 1 aliphatic heterocycles. The summed E-state index contributed by atoms with van der Waals surface area (Å²) in [5.74, 6) is 0. The van der Waals surface area contributed by atoms with E-state index in [1.54, 1.807) is 16.4 Å². The van der Waals surface area contributed by atoms with Gasteiger partial charge in [-0.15, -0.1) is 0 Å². The zero-order valence-corrected chi connectivity index (χ0v) is 21.8. The topological polar surface area (TPSA) is 94.6 Å². The number of likely N-dealkylation sites (tertiary alicyclic amines) is 1. The fourth-order valence-electron chi connectivity index (χ4n) is 4.85. The number of urea groups is 1. The Kier molecular flexibility index (Phi) is 8.09. The monoisotopic (exact) mass is 499 g/mol. The number of hydrogen-bond donors (Lipinski definition) is 2. The molecule has 8 nitrogen and oxygen atoms in total. The molecule has 1 aliphatic carbocycles. The van der Waals surface area contributed by atoms with Gasteiger partial charge in [0, 0.05) is 42.2 Å². The van der Waals surface area contributed by atoms with Crippen molar-refractivity contribution in [2.45, 2.75) is 69.9 Å². The van der Waals surface area contributed by atoms with Crippen molar-refractivity contribution in [3.05, 3.63) is 53.3 Å². The van der Waals surface area contributed by atoms with Crippen molar-refractivity contribution in [1.82, 2.24) is 19.5 Å². The van der Waals surface area contributed by atoms with Gasteiger partial charge in [0.15, 0.2) is 0 Å². The van der Waals surface area contributed by atoms with Gasteiger partial charge in [0.1, 0.15) is 0 Å². The number of nitrogens with one attached hydrogen (secondary N) is 2. The molecule has 0 atom stereocenters. The summed E-state index contributed by atoms with van der Waals surface area (Å²) in [5.41, 5.74) is 3.61. The summed E-state index contributed by atoms with van der Waals surface area (Å²) in [4.78, 5) is 19.3. The fraction of sp³-hybridized carbons (Fsp3) is 0.538. The Labute approximate surface area is 209 Å². The molecule has 1 saturated carbocycles. The van der Waals surface area contributed by atoms with Crippen LogP contribution < -0.4 is 10.6 Å². The molecular weight excluding hydrogens is 462 g/mol. The highest BCUT2D eigenvalue weighted by atomic mass is 32.2. The number of carbonyl (C=O) groups is 1. The number of pyridine rings is 1. The van der Waals surface area contributed by atoms with Gasteiger partial charge in [0.25, 0.3) is 0 Å². The van der Waals surface area contributed by atoms with Crippen LogP contribution in [-0.4, -0.2) is 66.9 Å². The van der Waals surface area contributed by atoms with E-state index in [9.17, 15) is 13.2 Å². The molecule has 2 fully saturated rings. The average molecular weight is 500 g/mol. The highest BCUT2D eigenvalue weighted by molar-refractivity contribution is 7.89. The number of amides is 2. The maximum atomic E-state index is 13.5. The lowest BCUT2D eigenvalue weighted by molar-refractivity contribution is 0.156. The first-order chi connectivity index (χ1) is 16.8. The molecule has 9 heteroatoms. The number of nitrogens with zero attached hydrogens (tertiary/aromatic N) is 3. The minimum atomic E-state index is -3.50. The lowest BCUT2D eigenvalue weighted by Crippen LogP contribution is -2.49. The predicted octanol–water partition coefficient (Wildman–Crippen LogP) is 3.70. The second-order valence-corrected chi connectivity index (χ2v) is 11.5. The average Bonchev–Trinajstić information content (AvgIpc) is 3.64. The number of hydrogen-bond acceptors (Lipinski definition) is 5. The number of sulfonamides is 1. The van der Waals surface area contributed by atoms with E-state index in [-0.39, 0.29) is 18.1 Å². The van der Waals surface area contributed by atoms with E-state index in [0.717, 1.165) is 74.4 Å². The summed E-state index contributed by atoms with van der Waals surface area (Å²) >= 11 is 0. The maximum absolute atomic E-state index is 13.5. The van der Waals surface area contributed by atoms with Crippen LogP contribution in [0.25, 0.3) is 0 Å². The highest BCUT2D eigenvalue weighted by Crippen LogP contribution is 2.36. The van der Waals surface area contributed by atoms with Gasteiger partial charge in [-0.3, -0.25) is 4.98 Å². The molecule has 2 N–H and O–H groups in total. The first kappa shape index (κ1) is 25.6. The second kappa shape index (κ2) is 11.1. The van der Waals surface area contributed by atoms with Crippen molar-refractivity contribution in [2.75, 3.05) is 31.5 Å². The molecule has 190 valence electrons. The summed E-state index contributed by atoms with van der Waals surface area (Å²) in [7, 11) is -3.50. The fourth-order valence-corrected chi connectivity index (χ4v) is 6.78. The molecule has 1 aromatic carbocycles. The molecule has 1 aromatic heterocycles. The maximum Gasteiger partial charge on any atom is 0.319 e. The molecule has 0 radical (unpaired) electrons. The van der Waals surface area contributed by atoms with E-state index in [4.69, 9.17) is 0 Å². The number of aryl methyl sites for hydroxylation is 3. The van der Waals surface area contributed by atoms with Crippen molar-refractivity contribution >= 4 is 21.7 Å². The normalized spacial score (nSPS) is 17.5. The number of piperidine rings is 1. The summed E-state index contributed by atoms with van der Waals surface area (Å²) < 4.78 is 28.8. The van der Waals surface area contributed by atoms with Crippen LogP contribution in [-0.2, 0) is 16.4 Å². The Balaban J connectivity index is 1.26. The molecule has 35 heavy (non-hydrogen) atoms. The molecule has 0 bridgehead atoms. The van der Waals surface area contributed by atoms with Crippen LogP contribution in [0.3, 0.4) is 0 Å². The van der Waals surface area contributed by atoms with Crippen molar-refractivity contribution in [1.29, 1.82) is 0 Å². The second-order valence-electron chi connectivity index (χ2n) is 9.66. The van der Waals surface area contributed by atoms with Gasteiger partial charge in [-0.05, 0) is 88.9 Å². The third-order valence-electron chi connectivity index (χ3n) is 6.78. The Hall–Kier alpha value is -2.49. The van der Waals surface area contributed by atoms with Crippen molar-refractivity contribution in [3.8, 4) is 0 Å². The number of anilines is 1. The van der Waals surface area contributed by atoms with E-state index in [2.05, 4.69) is 27.4 Å². The summed E-state index contributed by atoms with van der Waals surface area (Å²) in [6, 6.07) is 11.0. The van der Waals surface area contributed by atoms with Gasteiger partial charge in [0.2, 0.25) is 10.0 Å². The van der Waals surface area contributed by atoms with Crippen LogP contribution in [0.1, 0.15) is 49.6 Å². The molecule has 1 saturated heterocycles. The van der Waals surface area contributed by atoms with Gasteiger partial charge >= 0.3 is 6.03 Å². The van der Waals surface area contributed by atoms with E-state index < -0.39 is 10.0 Å². The Morgan fingerprint density at radius 1 is 1.03 bits per heavy atom. The van der Waals surface area contributed by atoms with Crippen LogP contribution in [0.5, 0.6) is 0 Å². The van der Waals surface area contributed by atoms with Crippen molar-refractivity contribution < 1.29 is 13.2 Å². The lowest BCUT2D eigenvalue weighted by Gasteiger charge is -2.38. The molecule has 2 heterocycles. The van der Waals surface area contributed by atoms with Crippen LogP contribution >= 0.6 is 0 Å². The van der Waals surface area contributed by atoms with E-state index in [1.165, 1.54) is 0 Å². The molecule has 0 unspecified atom stereocenters. The Morgan fingerprint density at radius 2 is 1.63 bits per heavy atom. The zero-order valence-electron chi connectivity index (χ0n) is 21.0. The summed E-state index contributed by atoms with van der Waals surface area (Å²) in [6.45, 7) is 8.79. The number of benzene rings is 1. The highest BCUT2D eigenvalue weighted by Gasteiger charge is 2.43. The summed E-state index contributed by atoms with van der Waals surface area (Å²) in [6.07, 6.45) is 4.41. The van der Waals surface area contributed by atoms with Crippen LogP contribution in [0.2, 0.25) is 0 Å². The molecule has 2 aromatic rings. The van der Waals surface area contributed by atoms with E-state index in [0.29, 0.717) is 11.4 Å². The molecule has 0 spiro atoms. The van der Waals surface area contributed by atoms with Crippen LogP contribution in [0, 0.1) is 13.8 Å². The van der Waals surface area contributed by atoms with Gasteiger partial charge in [-0.2, -0.15) is 4.31 Å². The quantitative estimate of drug-likeness (QED) is 0.549. The predicted molar refractivity (Wildman–Crippen MR) is 138 cm³/mol. The molecule has 2 amide bonds. The SMILES string of the molecule is CCc1ccc(S(=O)(=O)N(C2CC2)C2CCN(CCNC(=O)Nc3cc(C)nc(C)c3)CC2)cc1. The molecular formula is C26H37N5O3S. The van der Waals surface area contributed by atoms with Crippen molar-refractivity contribution in [2.24, 2.45) is 0 Å². The van der Waals surface area contributed by atoms with Crippen LogP contribution in [0.4, 0.5) is 10.5 Å². The zero-order chi connectivity index (χ0) is 25.0. The smallest absolute Gasteiger partial charge is 0.319 e. The number of aromatic nitrogens is 1. The minimum Gasteiger partial charge on any atom is -0.337 e. The number of carbonyl (C=O) groups excluding carboxylic acids is 1. The summed E-state index contributed by atoms with van der Waals surface area (Å²) in [5, 5.41) is 5.78. The minimum absolute atomic E-state index is 0.0315. The largest absolute Gasteiger partial charge is 0.337 e. The molecule has 4 rings (SSSR count).